The van der Waals surface area contributed by atoms with Crippen molar-refractivity contribution in [3.8, 4) is 0 Å². The van der Waals surface area contributed by atoms with Gasteiger partial charge in [-0.15, -0.1) is 0 Å². The molecule has 0 atom stereocenters. The molecule has 0 spiro atoms. The number of amidine groups is 1. The molecule has 3 N–H and O–H groups in total. The SMILES string of the molecule is N=C(N)c1ncc2ncccc2n1. The van der Waals surface area contributed by atoms with Crippen LogP contribution in [-0.2, 0) is 0 Å². The zero-order chi connectivity index (χ0) is 9.26. The summed E-state index contributed by atoms with van der Waals surface area (Å²) in [7, 11) is 0. The van der Waals surface area contributed by atoms with Crippen LogP contribution in [0.4, 0.5) is 0 Å². The first-order valence-electron chi connectivity index (χ1n) is 3.69. The molecule has 0 aliphatic heterocycles. The number of hydrogen-bond donors (Lipinski definition) is 2. The van der Waals surface area contributed by atoms with Gasteiger partial charge in [0.15, 0.2) is 11.7 Å². The van der Waals surface area contributed by atoms with Gasteiger partial charge in [-0.3, -0.25) is 10.4 Å². The zero-order valence-corrected chi connectivity index (χ0v) is 6.73. The maximum Gasteiger partial charge on any atom is 0.195 e. The van der Waals surface area contributed by atoms with Gasteiger partial charge in [-0.05, 0) is 12.1 Å². The number of aromatic nitrogens is 3. The van der Waals surface area contributed by atoms with Crippen LogP contribution in [0.1, 0.15) is 5.82 Å². The number of pyridine rings is 1. The topological polar surface area (TPSA) is 88.5 Å². The van der Waals surface area contributed by atoms with Gasteiger partial charge in [-0.2, -0.15) is 0 Å². The molecule has 2 rings (SSSR count). The molecular formula is C8H7N5. The molecule has 64 valence electrons. The summed E-state index contributed by atoms with van der Waals surface area (Å²) in [4.78, 5) is 12.0. The van der Waals surface area contributed by atoms with E-state index in [9.17, 15) is 0 Å². The molecule has 5 heteroatoms. The number of hydrogen-bond acceptors (Lipinski definition) is 4. The van der Waals surface area contributed by atoms with Crippen molar-refractivity contribution < 1.29 is 0 Å². The van der Waals surface area contributed by atoms with Crippen LogP contribution in [0.5, 0.6) is 0 Å². The number of nitrogens with one attached hydrogen (secondary N) is 1. The summed E-state index contributed by atoms with van der Waals surface area (Å²) in [5, 5.41) is 7.14. The van der Waals surface area contributed by atoms with Crippen molar-refractivity contribution >= 4 is 16.9 Å². The third-order valence-corrected chi connectivity index (χ3v) is 1.59. The average Bonchev–Trinajstić information content (AvgIpc) is 2.17. The predicted molar refractivity (Wildman–Crippen MR) is 48.3 cm³/mol. The van der Waals surface area contributed by atoms with Gasteiger partial charge in [-0.1, -0.05) is 0 Å². The van der Waals surface area contributed by atoms with Gasteiger partial charge in [0.2, 0.25) is 0 Å². The summed E-state index contributed by atoms with van der Waals surface area (Å²) in [6.45, 7) is 0. The van der Waals surface area contributed by atoms with Crippen molar-refractivity contribution in [2.24, 2.45) is 5.73 Å². The van der Waals surface area contributed by atoms with E-state index in [2.05, 4.69) is 15.0 Å². The molecule has 0 radical (unpaired) electrons. The smallest absolute Gasteiger partial charge is 0.195 e. The summed E-state index contributed by atoms with van der Waals surface area (Å²) in [5.74, 6) is 0.103. The molecule has 5 nitrogen and oxygen atoms in total. The Morgan fingerprint density at radius 2 is 2.15 bits per heavy atom. The minimum Gasteiger partial charge on any atom is -0.381 e. The van der Waals surface area contributed by atoms with E-state index in [1.54, 1.807) is 24.5 Å². The maximum absolute atomic E-state index is 7.14. The Balaban J connectivity index is 2.69. The quantitative estimate of drug-likeness (QED) is 0.479. The first-order chi connectivity index (χ1) is 6.27. The molecule has 0 bridgehead atoms. The maximum atomic E-state index is 7.14. The minimum absolute atomic E-state index is 0.134. The molecule has 0 fully saturated rings. The van der Waals surface area contributed by atoms with Crippen LogP contribution < -0.4 is 5.73 Å². The Hall–Kier alpha value is -2.04. The van der Waals surface area contributed by atoms with Crippen LogP contribution in [0, 0.1) is 5.41 Å². The fraction of sp³-hybridized carbons (Fsp3) is 0. The second-order valence-electron chi connectivity index (χ2n) is 2.52. The second kappa shape index (κ2) is 2.78. The Morgan fingerprint density at radius 1 is 1.31 bits per heavy atom. The highest BCUT2D eigenvalue weighted by atomic mass is 14.9. The third-order valence-electron chi connectivity index (χ3n) is 1.59. The van der Waals surface area contributed by atoms with Crippen molar-refractivity contribution in [3.63, 3.8) is 0 Å². The van der Waals surface area contributed by atoms with E-state index in [0.29, 0.717) is 11.0 Å². The van der Waals surface area contributed by atoms with Gasteiger partial charge in [0.05, 0.1) is 11.7 Å². The molecule has 13 heavy (non-hydrogen) atoms. The molecule has 0 unspecified atom stereocenters. The van der Waals surface area contributed by atoms with E-state index in [-0.39, 0.29) is 11.7 Å². The molecule has 0 aliphatic rings. The predicted octanol–water partition coefficient (Wildman–Crippen LogP) is 0.309. The summed E-state index contributed by atoms with van der Waals surface area (Å²) in [6, 6.07) is 3.58. The van der Waals surface area contributed by atoms with Crippen LogP contribution in [0.2, 0.25) is 0 Å². The monoisotopic (exact) mass is 173 g/mol. The molecular weight excluding hydrogens is 166 g/mol. The van der Waals surface area contributed by atoms with E-state index in [4.69, 9.17) is 11.1 Å². The Morgan fingerprint density at radius 3 is 2.92 bits per heavy atom. The van der Waals surface area contributed by atoms with Crippen LogP contribution in [-0.4, -0.2) is 20.8 Å². The highest BCUT2D eigenvalue weighted by Crippen LogP contribution is 2.05. The number of nitrogens with two attached hydrogens (primary N) is 1. The number of nitrogen functional groups attached to an aromatic ring is 1. The van der Waals surface area contributed by atoms with Crippen molar-refractivity contribution in [1.82, 2.24) is 15.0 Å². The Bertz CT molecular complexity index is 465. The average molecular weight is 173 g/mol. The van der Waals surface area contributed by atoms with E-state index >= 15 is 0 Å². The summed E-state index contributed by atoms with van der Waals surface area (Å²) >= 11 is 0. The number of rotatable bonds is 1. The molecule has 2 aromatic heterocycles. The van der Waals surface area contributed by atoms with Gasteiger partial charge in [0.1, 0.15) is 5.52 Å². The molecule has 0 aliphatic carbocycles. The summed E-state index contributed by atoms with van der Waals surface area (Å²) < 4.78 is 0. The van der Waals surface area contributed by atoms with E-state index in [1.807, 2.05) is 0 Å². The van der Waals surface area contributed by atoms with E-state index in [0.717, 1.165) is 0 Å². The normalized spacial score (nSPS) is 10.2. The lowest BCUT2D eigenvalue weighted by Crippen LogP contribution is -2.15. The van der Waals surface area contributed by atoms with Crippen molar-refractivity contribution in [2.45, 2.75) is 0 Å². The van der Waals surface area contributed by atoms with E-state index in [1.165, 1.54) is 0 Å². The van der Waals surface area contributed by atoms with Crippen molar-refractivity contribution in [3.05, 3.63) is 30.4 Å². The molecule has 0 aromatic carbocycles. The van der Waals surface area contributed by atoms with Crippen LogP contribution >= 0.6 is 0 Å². The van der Waals surface area contributed by atoms with Crippen molar-refractivity contribution in [1.29, 1.82) is 5.41 Å². The van der Waals surface area contributed by atoms with Gasteiger partial charge < -0.3 is 5.73 Å². The van der Waals surface area contributed by atoms with E-state index < -0.39 is 0 Å². The van der Waals surface area contributed by atoms with Gasteiger partial charge in [0.25, 0.3) is 0 Å². The largest absolute Gasteiger partial charge is 0.381 e. The standard InChI is InChI=1S/C8H7N5/c9-7(10)8-12-4-6-5(13-8)2-1-3-11-6/h1-4H,(H3,9,10). The van der Waals surface area contributed by atoms with Crippen LogP contribution in [0.25, 0.3) is 11.0 Å². The lowest BCUT2D eigenvalue weighted by molar-refractivity contribution is 1.14. The third kappa shape index (κ3) is 1.31. The zero-order valence-electron chi connectivity index (χ0n) is 6.73. The fourth-order valence-electron chi connectivity index (χ4n) is 0.998. The van der Waals surface area contributed by atoms with Crippen molar-refractivity contribution in [2.75, 3.05) is 0 Å². The first kappa shape index (κ1) is 7.60. The fourth-order valence-corrected chi connectivity index (χ4v) is 0.998. The highest BCUT2D eigenvalue weighted by Gasteiger charge is 2.01. The Labute approximate surface area is 74.2 Å². The molecule has 0 amide bonds. The van der Waals surface area contributed by atoms with Gasteiger partial charge in [0, 0.05) is 6.20 Å². The second-order valence-corrected chi connectivity index (χ2v) is 2.52. The minimum atomic E-state index is -0.134. The molecule has 2 heterocycles. The Kier molecular flexibility index (Phi) is 1.63. The van der Waals surface area contributed by atoms with Gasteiger partial charge in [-0.25, -0.2) is 9.97 Å². The molecule has 2 aromatic rings. The van der Waals surface area contributed by atoms with Crippen LogP contribution in [0.15, 0.2) is 24.5 Å². The van der Waals surface area contributed by atoms with Crippen LogP contribution in [0.3, 0.4) is 0 Å². The highest BCUT2D eigenvalue weighted by molar-refractivity contribution is 5.92. The summed E-state index contributed by atoms with van der Waals surface area (Å²) in [5.41, 5.74) is 6.64. The first-order valence-corrected chi connectivity index (χ1v) is 3.69. The number of fused-ring (bicyclic) bond motifs is 1. The lowest BCUT2D eigenvalue weighted by Gasteiger charge is -1.97. The number of nitrogens with zero attached hydrogens (tertiary/aromatic N) is 3. The molecule has 0 saturated heterocycles. The lowest BCUT2D eigenvalue weighted by atomic mass is 10.3. The molecule has 0 saturated carbocycles. The summed E-state index contributed by atoms with van der Waals surface area (Å²) in [6.07, 6.45) is 3.22. The van der Waals surface area contributed by atoms with Gasteiger partial charge >= 0.3 is 0 Å².